The molecule has 25 heavy (non-hydrogen) atoms. The van der Waals surface area contributed by atoms with Crippen molar-refractivity contribution in [3.63, 3.8) is 0 Å². The van der Waals surface area contributed by atoms with E-state index < -0.39 is 0 Å². The molecule has 1 saturated heterocycles. The normalized spacial score (nSPS) is 14.9. The molecule has 0 atom stereocenters. The number of carbonyl (C=O) groups is 2. The maximum atomic E-state index is 12.2. The molecule has 0 spiro atoms. The average Bonchev–Trinajstić information content (AvgIpc) is 2.66. The molecule has 1 aromatic rings. The van der Waals surface area contributed by atoms with Crippen LogP contribution >= 0.6 is 0 Å². The van der Waals surface area contributed by atoms with Crippen LogP contribution in [0.4, 0.5) is 0 Å². The SMILES string of the molecule is CCCCCNC(=O)c1ccc(C(=O)NCCN2CCOCC2)cc1. The first-order chi connectivity index (χ1) is 12.2. The van der Waals surface area contributed by atoms with E-state index in [9.17, 15) is 9.59 Å². The van der Waals surface area contributed by atoms with Crippen molar-refractivity contribution in [1.82, 2.24) is 15.5 Å². The quantitative estimate of drug-likeness (QED) is 0.667. The summed E-state index contributed by atoms with van der Waals surface area (Å²) in [6.07, 6.45) is 3.24. The van der Waals surface area contributed by atoms with Crippen molar-refractivity contribution in [2.75, 3.05) is 45.9 Å². The van der Waals surface area contributed by atoms with Crippen LogP contribution in [0.25, 0.3) is 0 Å². The number of rotatable bonds is 9. The smallest absolute Gasteiger partial charge is 0.251 e. The number of amides is 2. The molecule has 6 heteroatoms. The average molecular weight is 347 g/mol. The van der Waals surface area contributed by atoms with E-state index in [0.29, 0.717) is 24.2 Å². The fourth-order valence-electron chi connectivity index (χ4n) is 2.71. The molecule has 0 aliphatic carbocycles. The van der Waals surface area contributed by atoms with Crippen molar-refractivity contribution in [3.8, 4) is 0 Å². The highest BCUT2D eigenvalue weighted by Crippen LogP contribution is 2.05. The minimum absolute atomic E-state index is 0.0876. The zero-order valence-electron chi connectivity index (χ0n) is 15.1. The molecular weight excluding hydrogens is 318 g/mol. The molecule has 2 amide bonds. The Morgan fingerprint density at radius 2 is 1.52 bits per heavy atom. The van der Waals surface area contributed by atoms with Crippen LogP contribution in [0.3, 0.4) is 0 Å². The van der Waals surface area contributed by atoms with Gasteiger partial charge in [-0.1, -0.05) is 19.8 Å². The summed E-state index contributed by atoms with van der Waals surface area (Å²) < 4.78 is 5.30. The van der Waals surface area contributed by atoms with Crippen molar-refractivity contribution in [2.24, 2.45) is 0 Å². The number of nitrogens with one attached hydrogen (secondary N) is 2. The van der Waals surface area contributed by atoms with Gasteiger partial charge in [-0.3, -0.25) is 14.5 Å². The first kappa shape index (κ1) is 19.4. The highest BCUT2D eigenvalue weighted by atomic mass is 16.5. The van der Waals surface area contributed by atoms with Gasteiger partial charge in [0.15, 0.2) is 0 Å². The van der Waals surface area contributed by atoms with Gasteiger partial charge in [0.05, 0.1) is 13.2 Å². The van der Waals surface area contributed by atoms with E-state index in [4.69, 9.17) is 4.74 Å². The van der Waals surface area contributed by atoms with Crippen molar-refractivity contribution in [2.45, 2.75) is 26.2 Å². The van der Waals surface area contributed by atoms with E-state index in [1.165, 1.54) is 0 Å². The molecular formula is C19H29N3O3. The van der Waals surface area contributed by atoms with E-state index in [-0.39, 0.29) is 11.8 Å². The molecule has 0 bridgehead atoms. The Balaban J connectivity index is 1.72. The fraction of sp³-hybridized carbons (Fsp3) is 0.579. The van der Waals surface area contributed by atoms with Gasteiger partial charge in [0.1, 0.15) is 0 Å². The van der Waals surface area contributed by atoms with Crippen molar-refractivity contribution in [3.05, 3.63) is 35.4 Å². The Morgan fingerprint density at radius 3 is 2.08 bits per heavy atom. The molecule has 1 heterocycles. The Morgan fingerprint density at radius 1 is 0.960 bits per heavy atom. The molecule has 0 unspecified atom stereocenters. The van der Waals surface area contributed by atoms with E-state index in [2.05, 4.69) is 22.5 Å². The van der Waals surface area contributed by atoms with Crippen molar-refractivity contribution in [1.29, 1.82) is 0 Å². The summed E-state index contributed by atoms with van der Waals surface area (Å²) in [6, 6.07) is 6.80. The first-order valence-electron chi connectivity index (χ1n) is 9.17. The molecule has 138 valence electrons. The molecule has 0 aromatic heterocycles. The second kappa shape index (κ2) is 10.8. The minimum Gasteiger partial charge on any atom is -0.379 e. The Labute approximate surface area is 149 Å². The molecule has 1 aliphatic heterocycles. The zero-order chi connectivity index (χ0) is 17.9. The number of ether oxygens (including phenoxy) is 1. The van der Waals surface area contributed by atoms with Gasteiger partial charge in [-0.2, -0.15) is 0 Å². The number of carbonyl (C=O) groups excluding carboxylic acids is 2. The van der Waals surface area contributed by atoms with Gasteiger partial charge >= 0.3 is 0 Å². The van der Waals surface area contributed by atoms with Gasteiger partial charge in [-0.25, -0.2) is 0 Å². The molecule has 1 fully saturated rings. The highest BCUT2D eigenvalue weighted by Gasteiger charge is 2.11. The molecule has 0 radical (unpaired) electrons. The third-order valence-electron chi connectivity index (χ3n) is 4.29. The predicted octanol–water partition coefficient (Wildman–Crippen LogP) is 1.67. The van der Waals surface area contributed by atoms with Gasteiger partial charge in [-0.05, 0) is 30.7 Å². The van der Waals surface area contributed by atoms with Gasteiger partial charge in [0.25, 0.3) is 11.8 Å². The van der Waals surface area contributed by atoms with Gasteiger partial charge in [-0.15, -0.1) is 0 Å². The second-order valence-electron chi connectivity index (χ2n) is 6.25. The highest BCUT2D eigenvalue weighted by molar-refractivity contribution is 5.97. The lowest BCUT2D eigenvalue weighted by Crippen LogP contribution is -2.41. The maximum Gasteiger partial charge on any atom is 0.251 e. The van der Waals surface area contributed by atoms with Crippen molar-refractivity contribution >= 4 is 11.8 Å². The summed E-state index contributed by atoms with van der Waals surface area (Å²) in [5.74, 6) is -0.196. The van der Waals surface area contributed by atoms with Gasteiger partial charge < -0.3 is 15.4 Å². The van der Waals surface area contributed by atoms with E-state index >= 15 is 0 Å². The summed E-state index contributed by atoms with van der Waals surface area (Å²) in [5, 5.41) is 5.82. The third-order valence-corrected chi connectivity index (χ3v) is 4.29. The summed E-state index contributed by atoms with van der Waals surface area (Å²) in [4.78, 5) is 26.4. The predicted molar refractivity (Wildman–Crippen MR) is 97.9 cm³/mol. The Kier molecular flexibility index (Phi) is 8.42. The molecule has 1 aromatic carbocycles. The third kappa shape index (κ3) is 6.84. The van der Waals surface area contributed by atoms with Crippen LogP contribution in [0, 0.1) is 0 Å². The number of morpholine rings is 1. The standard InChI is InChI=1S/C19H29N3O3/c1-2-3-4-9-20-18(23)16-5-7-17(8-6-16)19(24)21-10-11-22-12-14-25-15-13-22/h5-8H,2-4,9-15H2,1H3,(H,20,23)(H,21,24). The monoisotopic (exact) mass is 347 g/mol. The lowest BCUT2D eigenvalue weighted by molar-refractivity contribution is 0.0383. The van der Waals surface area contributed by atoms with Crippen LogP contribution in [0.15, 0.2) is 24.3 Å². The van der Waals surface area contributed by atoms with E-state index in [1.807, 2.05) is 0 Å². The van der Waals surface area contributed by atoms with Crippen molar-refractivity contribution < 1.29 is 14.3 Å². The molecule has 0 saturated carbocycles. The summed E-state index contributed by atoms with van der Waals surface area (Å²) >= 11 is 0. The summed E-state index contributed by atoms with van der Waals surface area (Å²) in [6.45, 7) is 7.61. The number of hydrogen-bond acceptors (Lipinski definition) is 4. The second-order valence-corrected chi connectivity index (χ2v) is 6.25. The zero-order valence-corrected chi connectivity index (χ0v) is 15.1. The van der Waals surface area contributed by atoms with Crippen LogP contribution < -0.4 is 10.6 Å². The number of unbranched alkanes of at least 4 members (excludes halogenated alkanes) is 2. The van der Waals surface area contributed by atoms with E-state index in [1.54, 1.807) is 24.3 Å². The lowest BCUT2D eigenvalue weighted by Gasteiger charge is -2.26. The van der Waals surface area contributed by atoms with Gasteiger partial charge in [0, 0.05) is 43.9 Å². The Bertz CT molecular complexity index is 539. The lowest BCUT2D eigenvalue weighted by atomic mass is 10.1. The number of benzene rings is 1. The topological polar surface area (TPSA) is 70.7 Å². The number of hydrogen-bond donors (Lipinski definition) is 2. The largest absolute Gasteiger partial charge is 0.379 e. The molecule has 2 rings (SSSR count). The van der Waals surface area contributed by atoms with Crippen LogP contribution in [0.1, 0.15) is 46.9 Å². The first-order valence-corrected chi connectivity index (χ1v) is 9.17. The molecule has 6 nitrogen and oxygen atoms in total. The van der Waals surface area contributed by atoms with E-state index in [0.717, 1.165) is 52.1 Å². The van der Waals surface area contributed by atoms with Crippen LogP contribution in [-0.4, -0.2) is 62.7 Å². The van der Waals surface area contributed by atoms with Gasteiger partial charge in [0.2, 0.25) is 0 Å². The summed E-state index contributed by atoms with van der Waals surface area (Å²) in [5.41, 5.74) is 1.16. The molecule has 1 aliphatic rings. The fourth-order valence-corrected chi connectivity index (χ4v) is 2.71. The maximum absolute atomic E-state index is 12.2. The molecule has 2 N–H and O–H groups in total. The Hall–Kier alpha value is -1.92. The van der Waals surface area contributed by atoms with Crippen LogP contribution in [0.2, 0.25) is 0 Å². The van der Waals surface area contributed by atoms with Crippen LogP contribution in [0.5, 0.6) is 0 Å². The number of nitrogens with zero attached hydrogens (tertiary/aromatic N) is 1. The summed E-state index contributed by atoms with van der Waals surface area (Å²) in [7, 11) is 0. The minimum atomic E-state index is -0.108. The van der Waals surface area contributed by atoms with Crippen LogP contribution in [-0.2, 0) is 4.74 Å².